The summed E-state index contributed by atoms with van der Waals surface area (Å²) in [6, 6.07) is 6.87. The highest BCUT2D eigenvalue weighted by molar-refractivity contribution is 9.10. The van der Waals surface area contributed by atoms with Crippen LogP contribution in [-0.2, 0) is 16.4 Å². The molecule has 0 bridgehead atoms. The number of nitrogen functional groups attached to an aromatic ring is 1. The molecule has 0 aliphatic heterocycles. The fourth-order valence-electron chi connectivity index (χ4n) is 1.87. The first-order chi connectivity index (χ1) is 9.97. The van der Waals surface area contributed by atoms with Crippen LogP contribution in [0.1, 0.15) is 12.5 Å². The van der Waals surface area contributed by atoms with Gasteiger partial charge in [0.1, 0.15) is 4.90 Å². The molecule has 1 aromatic heterocycles. The topological polar surface area (TPSA) is 97.1 Å². The summed E-state index contributed by atoms with van der Waals surface area (Å²) in [7, 11) is -3.77. The average molecular weight is 371 g/mol. The van der Waals surface area contributed by atoms with Crippen LogP contribution in [0.3, 0.4) is 0 Å². The summed E-state index contributed by atoms with van der Waals surface area (Å²) >= 11 is 3.37. The maximum absolute atomic E-state index is 12.5. The van der Waals surface area contributed by atoms with Crippen molar-refractivity contribution >= 4 is 37.3 Å². The SMILES string of the molecule is CCc1cc(Br)ccc1NS(=O)(=O)c1cnccc1NN. The van der Waals surface area contributed by atoms with Gasteiger partial charge in [-0.25, -0.2) is 8.42 Å². The third kappa shape index (κ3) is 3.52. The van der Waals surface area contributed by atoms with E-state index in [2.05, 4.69) is 31.1 Å². The van der Waals surface area contributed by atoms with E-state index in [1.54, 1.807) is 12.1 Å². The van der Waals surface area contributed by atoms with Gasteiger partial charge < -0.3 is 5.43 Å². The predicted molar refractivity (Wildman–Crippen MR) is 86.4 cm³/mol. The number of rotatable bonds is 5. The van der Waals surface area contributed by atoms with E-state index in [4.69, 9.17) is 5.84 Å². The molecule has 2 aromatic rings. The summed E-state index contributed by atoms with van der Waals surface area (Å²) in [5, 5.41) is 0. The molecular weight excluding hydrogens is 356 g/mol. The number of nitrogens with zero attached hydrogens (tertiary/aromatic N) is 1. The normalized spacial score (nSPS) is 11.2. The highest BCUT2D eigenvalue weighted by Gasteiger charge is 2.19. The van der Waals surface area contributed by atoms with Crippen molar-refractivity contribution in [3.05, 3.63) is 46.7 Å². The first-order valence-electron chi connectivity index (χ1n) is 6.20. The lowest BCUT2D eigenvalue weighted by atomic mass is 10.1. The third-order valence-corrected chi connectivity index (χ3v) is 4.81. The number of halogens is 1. The zero-order chi connectivity index (χ0) is 15.5. The van der Waals surface area contributed by atoms with Crippen LogP contribution in [0.2, 0.25) is 0 Å². The Morgan fingerprint density at radius 2 is 2.05 bits per heavy atom. The Hall–Kier alpha value is -1.64. The Balaban J connectivity index is 2.42. The molecule has 0 unspecified atom stereocenters. The van der Waals surface area contributed by atoms with E-state index in [1.165, 1.54) is 18.5 Å². The van der Waals surface area contributed by atoms with Crippen molar-refractivity contribution in [1.29, 1.82) is 0 Å². The number of sulfonamides is 1. The number of benzene rings is 1. The molecule has 8 heteroatoms. The van der Waals surface area contributed by atoms with Gasteiger partial charge in [0.2, 0.25) is 0 Å². The fourth-order valence-corrected chi connectivity index (χ4v) is 3.49. The number of aromatic nitrogens is 1. The number of nitrogens with two attached hydrogens (primary N) is 1. The van der Waals surface area contributed by atoms with Crippen LogP contribution in [-0.4, -0.2) is 13.4 Å². The third-order valence-electron chi connectivity index (χ3n) is 2.92. The van der Waals surface area contributed by atoms with Crippen molar-refractivity contribution in [2.24, 2.45) is 5.84 Å². The lowest BCUT2D eigenvalue weighted by Gasteiger charge is -2.14. The van der Waals surface area contributed by atoms with Crippen molar-refractivity contribution in [3.8, 4) is 0 Å². The van der Waals surface area contributed by atoms with Crippen LogP contribution in [0.5, 0.6) is 0 Å². The fraction of sp³-hybridized carbons (Fsp3) is 0.154. The van der Waals surface area contributed by atoms with Gasteiger partial charge in [-0.2, -0.15) is 0 Å². The Bertz CT molecular complexity index is 750. The van der Waals surface area contributed by atoms with Crippen LogP contribution >= 0.6 is 15.9 Å². The van der Waals surface area contributed by atoms with E-state index in [1.807, 2.05) is 13.0 Å². The van der Waals surface area contributed by atoms with Crippen molar-refractivity contribution in [2.75, 3.05) is 10.1 Å². The molecule has 2 rings (SSSR count). The molecule has 4 N–H and O–H groups in total. The number of hydrogen-bond acceptors (Lipinski definition) is 5. The van der Waals surface area contributed by atoms with Crippen LogP contribution in [0, 0.1) is 0 Å². The second-order valence-electron chi connectivity index (χ2n) is 4.28. The quantitative estimate of drug-likeness (QED) is 0.554. The minimum atomic E-state index is -3.77. The van der Waals surface area contributed by atoms with Gasteiger partial charge in [0, 0.05) is 16.9 Å². The van der Waals surface area contributed by atoms with Crippen LogP contribution in [0.4, 0.5) is 11.4 Å². The zero-order valence-corrected chi connectivity index (χ0v) is 13.7. The molecule has 6 nitrogen and oxygen atoms in total. The van der Waals surface area contributed by atoms with Crippen molar-refractivity contribution < 1.29 is 8.42 Å². The molecule has 0 radical (unpaired) electrons. The monoisotopic (exact) mass is 370 g/mol. The van der Waals surface area contributed by atoms with Gasteiger partial charge in [0.25, 0.3) is 10.0 Å². The number of nitrogens with one attached hydrogen (secondary N) is 2. The molecule has 0 saturated heterocycles. The van der Waals surface area contributed by atoms with Crippen molar-refractivity contribution in [2.45, 2.75) is 18.2 Å². The molecule has 0 atom stereocenters. The van der Waals surface area contributed by atoms with Gasteiger partial charge in [-0.15, -0.1) is 0 Å². The molecule has 0 fully saturated rings. The first-order valence-corrected chi connectivity index (χ1v) is 8.47. The van der Waals surface area contributed by atoms with Crippen molar-refractivity contribution in [1.82, 2.24) is 4.98 Å². The second-order valence-corrected chi connectivity index (χ2v) is 6.84. The minimum Gasteiger partial charge on any atom is -0.323 e. The zero-order valence-electron chi connectivity index (χ0n) is 11.3. The minimum absolute atomic E-state index is 0.00234. The maximum atomic E-state index is 12.5. The number of anilines is 2. The van der Waals surface area contributed by atoms with Gasteiger partial charge in [0.05, 0.1) is 11.4 Å². The molecule has 0 aliphatic rings. The molecule has 1 aromatic carbocycles. The average Bonchev–Trinajstić information content (AvgIpc) is 2.48. The molecule has 112 valence electrons. The molecule has 1 heterocycles. The first kappa shape index (κ1) is 15.7. The Morgan fingerprint density at radius 3 is 2.71 bits per heavy atom. The molecule has 21 heavy (non-hydrogen) atoms. The molecule has 0 amide bonds. The van der Waals surface area contributed by atoms with Crippen LogP contribution in [0.15, 0.2) is 46.0 Å². The number of pyridine rings is 1. The van der Waals surface area contributed by atoms with E-state index in [0.717, 1.165) is 10.0 Å². The van der Waals surface area contributed by atoms with E-state index in [9.17, 15) is 8.42 Å². The van der Waals surface area contributed by atoms with Crippen LogP contribution in [0.25, 0.3) is 0 Å². The molecule has 0 spiro atoms. The summed E-state index contributed by atoms with van der Waals surface area (Å²) in [5.41, 5.74) is 4.07. The Labute approximate surface area is 131 Å². The standard InChI is InChI=1S/C13H15BrN4O2S/c1-2-9-7-10(14)3-4-11(9)18-21(19,20)13-8-16-6-5-12(13)17-15/h3-8,18H,2,15H2,1H3,(H,16,17). The highest BCUT2D eigenvalue weighted by Crippen LogP contribution is 2.26. The second kappa shape index (κ2) is 6.42. The van der Waals surface area contributed by atoms with Gasteiger partial charge >= 0.3 is 0 Å². The Morgan fingerprint density at radius 1 is 1.29 bits per heavy atom. The molecular formula is C13H15BrN4O2S. The molecule has 0 aliphatic carbocycles. The maximum Gasteiger partial charge on any atom is 0.265 e. The van der Waals surface area contributed by atoms with Gasteiger partial charge in [0.15, 0.2) is 0 Å². The number of hydrazine groups is 1. The number of aryl methyl sites for hydroxylation is 1. The van der Waals surface area contributed by atoms with Gasteiger partial charge in [-0.3, -0.25) is 15.5 Å². The van der Waals surface area contributed by atoms with Crippen molar-refractivity contribution in [3.63, 3.8) is 0 Å². The Kier molecular flexibility index (Phi) is 4.81. The van der Waals surface area contributed by atoms with E-state index in [-0.39, 0.29) is 10.6 Å². The number of hydrogen-bond donors (Lipinski definition) is 3. The van der Waals surface area contributed by atoms with Gasteiger partial charge in [-0.05, 0) is 36.2 Å². The molecule has 0 saturated carbocycles. The van der Waals surface area contributed by atoms with Crippen LogP contribution < -0.4 is 16.0 Å². The van der Waals surface area contributed by atoms with E-state index < -0.39 is 10.0 Å². The lowest BCUT2D eigenvalue weighted by molar-refractivity contribution is 0.601. The smallest absolute Gasteiger partial charge is 0.265 e. The summed E-state index contributed by atoms with van der Waals surface area (Å²) in [4.78, 5) is 3.83. The summed E-state index contributed by atoms with van der Waals surface area (Å²) < 4.78 is 28.4. The highest BCUT2D eigenvalue weighted by atomic mass is 79.9. The summed E-state index contributed by atoms with van der Waals surface area (Å²) in [5.74, 6) is 5.34. The predicted octanol–water partition coefficient (Wildman–Crippen LogP) is 2.49. The lowest BCUT2D eigenvalue weighted by Crippen LogP contribution is -2.18. The summed E-state index contributed by atoms with van der Waals surface area (Å²) in [6.07, 6.45) is 3.42. The summed E-state index contributed by atoms with van der Waals surface area (Å²) in [6.45, 7) is 1.95. The van der Waals surface area contributed by atoms with E-state index in [0.29, 0.717) is 12.1 Å². The van der Waals surface area contributed by atoms with Gasteiger partial charge in [-0.1, -0.05) is 22.9 Å². The largest absolute Gasteiger partial charge is 0.323 e. The van der Waals surface area contributed by atoms with E-state index >= 15 is 0 Å².